The maximum atomic E-state index is 12.0. The summed E-state index contributed by atoms with van der Waals surface area (Å²) in [5.41, 5.74) is 5.81. The maximum Gasteiger partial charge on any atom is 0.391 e. The van der Waals surface area contributed by atoms with Crippen molar-refractivity contribution in [3.8, 4) is 0 Å². The van der Waals surface area contributed by atoms with E-state index in [2.05, 4.69) is 15.6 Å². The summed E-state index contributed by atoms with van der Waals surface area (Å²) in [5, 5.41) is 9.50. The van der Waals surface area contributed by atoms with E-state index in [0.717, 1.165) is 0 Å². The van der Waals surface area contributed by atoms with E-state index in [1.54, 1.807) is 0 Å². The molecule has 1 aromatic heterocycles. The van der Waals surface area contributed by atoms with Crippen molar-refractivity contribution < 1.29 is 18.0 Å². The zero-order chi connectivity index (χ0) is 13.8. The van der Waals surface area contributed by atoms with Crippen LogP contribution in [0.25, 0.3) is 0 Å². The molecular weight excluding hydrogens is 251 g/mol. The smallest absolute Gasteiger partial charge is 0.352 e. The van der Waals surface area contributed by atoms with Crippen molar-refractivity contribution in [3.05, 3.63) is 11.9 Å². The largest absolute Gasteiger partial charge is 0.391 e. The molecule has 1 unspecified atom stereocenters. The highest BCUT2D eigenvalue weighted by Gasteiger charge is 2.30. The Balaban J connectivity index is 2.41. The SMILES string of the molecule is CC(CC(F)(F)F)NC(=O)Cn1cc(CN)nn1. The monoisotopic (exact) mass is 265 g/mol. The van der Waals surface area contributed by atoms with Crippen molar-refractivity contribution in [2.75, 3.05) is 0 Å². The highest BCUT2D eigenvalue weighted by molar-refractivity contribution is 5.75. The van der Waals surface area contributed by atoms with E-state index in [0.29, 0.717) is 5.69 Å². The van der Waals surface area contributed by atoms with E-state index in [9.17, 15) is 18.0 Å². The number of hydrogen-bond acceptors (Lipinski definition) is 4. The Morgan fingerprint density at radius 2 is 2.28 bits per heavy atom. The molecule has 0 fully saturated rings. The van der Waals surface area contributed by atoms with Crippen LogP contribution in [-0.2, 0) is 17.9 Å². The molecular formula is C9H14F3N5O. The van der Waals surface area contributed by atoms with Crippen LogP contribution in [0.5, 0.6) is 0 Å². The average molecular weight is 265 g/mol. The third-order valence-electron chi connectivity index (χ3n) is 2.05. The Morgan fingerprint density at radius 1 is 1.61 bits per heavy atom. The summed E-state index contributed by atoms with van der Waals surface area (Å²) < 4.78 is 37.3. The fourth-order valence-corrected chi connectivity index (χ4v) is 1.38. The third-order valence-corrected chi connectivity index (χ3v) is 2.05. The molecule has 1 aromatic rings. The van der Waals surface area contributed by atoms with Gasteiger partial charge in [0, 0.05) is 12.6 Å². The van der Waals surface area contributed by atoms with E-state index in [1.165, 1.54) is 17.8 Å². The van der Waals surface area contributed by atoms with Crippen molar-refractivity contribution in [1.29, 1.82) is 0 Å². The number of nitrogens with one attached hydrogen (secondary N) is 1. The van der Waals surface area contributed by atoms with Gasteiger partial charge in [0.05, 0.1) is 18.3 Å². The molecule has 102 valence electrons. The van der Waals surface area contributed by atoms with Crippen molar-refractivity contribution in [2.24, 2.45) is 5.73 Å². The Morgan fingerprint density at radius 3 is 2.78 bits per heavy atom. The number of rotatable bonds is 5. The minimum absolute atomic E-state index is 0.185. The van der Waals surface area contributed by atoms with Crippen molar-refractivity contribution in [1.82, 2.24) is 20.3 Å². The van der Waals surface area contributed by atoms with Gasteiger partial charge in [0.15, 0.2) is 0 Å². The molecule has 0 radical (unpaired) electrons. The van der Waals surface area contributed by atoms with E-state index < -0.39 is 24.5 Å². The number of hydrogen-bond donors (Lipinski definition) is 2. The van der Waals surface area contributed by atoms with Crippen LogP contribution in [0.15, 0.2) is 6.20 Å². The fourth-order valence-electron chi connectivity index (χ4n) is 1.38. The lowest BCUT2D eigenvalue weighted by molar-refractivity contribution is -0.141. The fraction of sp³-hybridized carbons (Fsp3) is 0.667. The first-order valence-corrected chi connectivity index (χ1v) is 5.25. The minimum atomic E-state index is -4.30. The number of nitrogens with zero attached hydrogens (tertiary/aromatic N) is 3. The van der Waals surface area contributed by atoms with Gasteiger partial charge in [-0.1, -0.05) is 5.21 Å². The summed E-state index contributed by atoms with van der Waals surface area (Å²) in [6.07, 6.45) is -3.90. The molecule has 0 aromatic carbocycles. The number of nitrogens with two attached hydrogens (primary N) is 1. The molecule has 0 aliphatic rings. The molecule has 1 amide bonds. The van der Waals surface area contributed by atoms with Crippen LogP contribution < -0.4 is 11.1 Å². The van der Waals surface area contributed by atoms with E-state index >= 15 is 0 Å². The Bertz CT molecular complexity index is 403. The number of aromatic nitrogens is 3. The lowest BCUT2D eigenvalue weighted by Gasteiger charge is -2.15. The Labute approximate surface area is 101 Å². The molecule has 0 aliphatic heterocycles. The normalized spacial score (nSPS) is 13.4. The first-order valence-electron chi connectivity index (χ1n) is 5.25. The summed E-state index contributed by atoms with van der Waals surface area (Å²) in [6.45, 7) is 1.29. The molecule has 6 nitrogen and oxygen atoms in total. The number of carbonyl (C=O) groups is 1. The van der Waals surface area contributed by atoms with Gasteiger partial charge in [-0.25, -0.2) is 4.68 Å². The lowest BCUT2D eigenvalue weighted by Crippen LogP contribution is -2.37. The number of carbonyl (C=O) groups excluding carboxylic acids is 1. The van der Waals surface area contributed by atoms with Gasteiger partial charge in [0.2, 0.25) is 5.91 Å². The van der Waals surface area contributed by atoms with Gasteiger partial charge in [-0.2, -0.15) is 13.2 Å². The number of alkyl halides is 3. The first kappa shape index (κ1) is 14.4. The van der Waals surface area contributed by atoms with Crippen molar-refractivity contribution in [3.63, 3.8) is 0 Å². The number of halogens is 3. The molecule has 1 heterocycles. The quantitative estimate of drug-likeness (QED) is 0.796. The highest BCUT2D eigenvalue weighted by atomic mass is 19.4. The lowest BCUT2D eigenvalue weighted by atomic mass is 10.2. The summed E-state index contributed by atoms with van der Waals surface area (Å²) >= 11 is 0. The summed E-state index contributed by atoms with van der Waals surface area (Å²) in [5.74, 6) is -0.555. The highest BCUT2D eigenvalue weighted by Crippen LogP contribution is 2.21. The van der Waals surface area contributed by atoms with Gasteiger partial charge < -0.3 is 11.1 Å². The van der Waals surface area contributed by atoms with Gasteiger partial charge in [0.25, 0.3) is 0 Å². The number of amides is 1. The molecule has 0 saturated heterocycles. The van der Waals surface area contributed by atoms with Crippen LogP contribution in [0.3, 0.4) is 0 Å². The van der Waals surface area contributed by atoms with Gasteiger partial charge >= 0.3 is 6.18 Å². The standard InChI is InChI=1S/C9H14F3N5O/c1-6(2-9(10,11)12)14-8(18)5-17-4-7(3-13)15-16-17/h4,6H,2-3,5,13H2,1H3,(H,14,18). The summed E-state index contributed by atoms with van der Waals surface area (Å²) in [6, 6.07) is -0.977. The average Bonchev–Trinajstić information content (AvgIpc) is 2.61. The second-order valence-electron chi connectivity index (χ2n) is 3.90. The van der Waals surface area contributed by atoms with Crippen molar-refractivity contribution >= 4 is 5.91 Å². The topological polar surface area (TPSA) is 85.8 Å². The molecule has 18 heavy (non-hydrogen) atoms. The molecule has 0 bridgehead atoms. The summed E-state index contributed by atoms with van der Waals surface area (Å²) in [4.78, 5) is 11.4. The molecule has 0 aliphatic carbocycles. The second kappa shape index (κ2) is 5.80. The van der Waals surface area contributed by atoms with Crippen LogP contribution in [0.4, 0.5) is 13.2 Å². The van der Waals surface area contributed by atoms with Crippen LogP contribution in [-0.4, -0.2) is 33.1 Å². The summed E-state index contributed by atoms with van der Waals surface area (Å²) in [7, 11) is 0. The van der Waals surface area contributed by atoms with E-state index in [-0.39, 0.29) is 13.1 Å². The predicted molar refractivity (Wildman–Crippen MR) is 56.2 cm³/mol. The molecule has 9 heteroatoms. The maximum absolute atomic E-state index is 12.0. The van der Waals surface area contributed by atoms with Gasteiger partial charge in [-0.05, 0) is 6.92 Å². The van der Waals surface area contributed by atoms with Crippen LogP contribution in [0, 0.1) is 0 Å². The molecule has 3 N–H and O–H groups in total. The van der Waals surface area contributed by atoms with Crippen LogP contribution in [0.1, 0.15) is 19.0 Å². The van der Waals surface area contributed by atoms with Gasteiger partial charge in [-0.3, -0.25) is 4.79 Å². The third kappa shape index (κ3) is 5.13. The van der Waals surface area contributed by atoms with Crippen molar-refractivity contribution in [2.45, 2.75) is 38.7 Å². The minimum Gasteiger partial charge on any atom is -0.352 e. The Kier molecular flexibility index (Phi) is 4.65. The zero-order valence-corrected chi connectivity index (χ0v) is 9.74. The van der Waals surface area contributed by atoms with Gasteiger partial charge in [0.1, 0.15) is 6.54 Å². The van der Waals surface area contributed by atoms with E-state index in [1.807, 2.05) is 0 Å². The van der Waals surface area contributed by atoms with Crippen LogP contribution >= 0.6 is 0 Å². The molecule has 1 atom stereocenters. The first-order chi connectivity index (χ1) is 8.30. The molecule has 0 spiro atoms. The van der Waals surface area contributed by atoms with Gasteiger partial charge in [-0.15, -0.1) is 5.10 Å². The molecule has 1 rings (SSSR count). The zero-order valence-electron chi connectivity index (χ0n) is 9.74. The molecule has 0 saturated carbocycles. The Hall–Kier alpha value is -1.64. The second-order valence-corrected chi connectivity index (χ2v) is 3.90. The van der Waals surface area contributed by atoms with Crippen LogP contribution in [0.2, 0.25) is 0 Å². The predicted octanol–water partition coefficient (Wildman–Crippen LogP) is 0.194. The van der Waals surface area contributed by atoms with E-state index in [4.69, 9.17) is 5.73 Å².